The Morgan fingerprint density at radius 1 is 0.625 bits per heavy atom. The van der Waals surface area contributed by atoms with Gasteiger partial charge in [0, 0.05) is 16.3 Å². The molecule has 0 saturated carbocycles. The minimum Gasteiger partial charge on any atom is -0.206 e. The molecule has 4 aromatic rings. The first-order chi connectivity index (χ1) is 15.4. The molecule has 0 saturated heterocycles. The smallest absolute Gasteiger partial charge is 0.166 e. The Labute approximate surface area is 185 Å². The van der Waals surface area contributed by atoms with E-state index >= 15 is 8.78 Å². The maximum atomic E-state index is 15.2. The number of hydrogen-bond acceptors (Lipinski definition) is 0. The summed E-state index contributed by atoms with van der Waals surface area (Å²) in [6.07, 6.45) is 5.04. The first-order valence-corrected chi connectivity index (χ1v) is 11.3. The molecule has 0 aliphatic carbocycles. The van der Waals surface area contributed by atoms with E-state index in [9.17, 15) is 8.78 Å². The summed E-state index contributed by atoms with van der Waals surface area (Å²) in [6.45, 7) is 4.01. The number of aryl methyl sites for hydroxylation is 2. The van der Waals surface area contributed by atoms with Gasteiger partial charge in [0.1, 0.15) is 11.6 Å². The van der Waals surface area contributed by atoms with Gasteiger partial charge in [-0.25, -0.2) is 17.6 Å². The van der Waals surface area contributed by atoms with Crippen LogP contribution in [0.5, 0.6) is 0 Å². The van der Waals surface area contributed by atoms with Crippen LogP contribution in [-0.4, -0.2) is 0 Å². The van der Waals surface area contributed by atoms with Crippen LogP contribution in [-0.2, 0) is 12.8 Å². The summed E-state index contributed by atoms with van der Waals surface area (Å²) in [5.41, 5.74) is 1.42. The van der Waals surface area contributed by atoms with Crippen molar-refractivity contribution in [3.8, 4) is 11.1 Å². The summed E-state index contributed by atoms with van der Waals surface area (Å²) >= 11 is 0. The van der Waals surface area contributed by atoms with Crippen LogP contribution in [0.2, 0.25) is 0 Å². The van der Waals surface area contributed by atoms with Gasteiger partial charge in [-0.05, 0) is 64.9 Å². The van der Waals surface area contributed by atoms with Crippen LogP contribution in [0.4, 0.5) is 17.6 Å². The molecular weight excluding hydrogens is 412 g/mol. The molecule has 0 fully saturated rings. The van der Waals surface area contributed by atoms with E-state index in [2.05, 4.69) is 6.92 Å². The van der Waals surface area contributed by atoms with E-state index in [-0.39, 0.29) is 21.9 Å². The number of benzene rings is 4. The van der Waals surface area contributed by atoms with Gasteiger partial charge in [0.05, 0.1) is 0 Å². The molecule has 0 aromatic heterocycles. The monoisotopic (exact) mass is 438 g/mol. The highest BCUT2D eigenvalue weighted by atomic mass is 19.2. The summed E-state index contributed by atoms with van der Waals surface area (Å²) in [5.74, 6) is -3.01. The SMILES string of the molecule is CCCCCc1cc(F)c2c(ccc3cc(-c4ccc(CCC)c(F)c4F)cc(F)c32)c1. The molecule has 4 rings (SSSR count). The molecule has 0 bridgehead atoms. The molecule has 0 spiro atoms. The fourth-order valence-electron chi connectivity index (χ4n) is 4.44. The Morgan fingerprint density at radius 3 is 2.00 bits per heavy atom. The van der Waals surface area contributed by atoms with E-state index < -0.39 is 23.3 Å². The van der Waals surface area contributed by atoms with E-state index in [1.165, 1.54) is 12.1 Å². The predicted molar refractivity (Wildman–Crippen MR) is 124 cm³/mol. The average molecular weight is 439 g/mol. The van der Waals surface area contributed by atoms with Crippen molar-refractivity contribution in [2.24, 2.45) is 0 Å². The van der Waals surface area contributed by atoms with Gasteiger partial charge in [0.25, 0.3) is 0 Å². The fraction of sp³-hybridized carbons (Fsp3) is 0.286. The second kappa shape index (κ2) is 9.32. The van der Waals surface area contributed by atoms with E-state index in [1.807, 2.05) is 13.0 Å². The third-order valence-electron chi connectivity index (χ3n) is 6.06. The quantitative estimate of drug-likeness (QED) is 0.153. The second-order valence-electron chi connectivity index (χ2n) is 8.40. The van der Waals surface area contributed by atoms with Crippen molar-refractivity contribution in [1.29, 1.82) is 0 Å². The van der Waals surface area contributed by atoms with Crippen LogP contribution >= 0.6 is 0 Å². The highest BCUT2D eigenvalue weighted by Gasteiger charge is 2.18. The van der Waals surface area contributed by atoms with Gasteiger partial charge in [0.15, 0.2) is 11.6 Å². The zero-order valence-electron chi connectivity index (χ0n) is 18.4. The summed E-state index contributed by atoms with van der Waals surface area (Å²) in [5, 5.41) is 1.46. The van der Waals surface area contributed by atoms with Gasteiger partial charge < -0.3 is 0 Å². The van der Waals surface area contributed by atoms with E-state index in [1.54, 1.807) is 24.3 Å². The van der Waals surface area contributed by atoms with Crippen LogP contribution < -0.4 is 0 Å². The van der Waals surface area contributed by atoms with Crippen molar-refractivity contribution >= 4 is 21.5 Å². The molecule has 0 aliphatic heterocycles. The van der Waals surface area contributed by atoms with Crippen molar-refractivity contribution in [2.45, 2.75) is 52.4 Å². The topological polar surface area (TPSA) is 0 Å². The maximum absolute atomic E-state index is 15.2. The van der Waals surface area contributed by atoms with E-state index in [4.69, 9.17) is 0 Å². The predicted octanol–water partition coefficient (Wildman–Crippen LogP) is 8.90. The molecule has 0 N–H and O–H groups in total. The maximum Gasteiger partial charge on any atom is 0.166 e. The van der Waals surface area contributed by atoms with Crippen LogP contribution in [0.3, 0.4) is 0 Å². The van der Waals surface area contributed by atoms with Gasteiger partial charge in [-0.3, -0.25) is 0 Å². The summed E-state index contributed by atoms with van der Waals surface area (Å²) in [4.78, 5) is 0. The zero-order chi connectivity index (χ0) is 22.8. The molecule has 0 unspecified atom stereocenters. The van der Waals surface area contributed by atoms with Gasteiger partial charge in [-0.1, -0.05) is 63.4 Å². The molecule has 0 heterocycles. The van der Waals surface area contributed by atoms with Crippen molar-refractivity contribution in [1.82, 2.24) is 0 Å². The third kappa shape index (κ3) is 4.11. The van der Waals surface area contributed by atoms with Crippen molar-refractivity contribution < 1.29 is 17.6 Å². The van der Waals surface area contributed by atoms with Crippen molar-refractivity contribution in [3.05, 3.63) is 82.9 Å². The summed E-state index contributed by atoms with van der Waals surface area (Å²) in [6, 6.07) is 12.6. The molecule has 0 aliphatic rings. The molecule has 32 heavy (non-hydrogen) atoms. The lowest BCUT2D eigenvalue weighted by Gasteiger charge is -2.12. The molecule has 166 valence electrons. The van der Waals surface area contributed by atoms with Crippen LogP contribution in [0.15, 0.2) is 48.5 Å². The largest absolute Gasteiger partial charge is 0.206 e. The van der Waals surface area contributed by atoms with E-state index in [0.717, 1.165) is 37.3 Å². The van der Waals surface area contributed by atoms with Gasteiger partial charge in [-0.2, -0.15) is 0 Å². The minimum atomic E-state index is -0.988. The Bertz CT molecular complexity index is 1290. The molecule has 0 radical (unpaired) electrons. The number of fused-ring (bicyclic) bond motifs is 3. The van der Waals surface area contributed by atoms with Gasteiger partial charge in [-0.15, -0.1) is 0 Å². The average Bonchev–Trinajstić information content (AvgIpc) is 2.77. The molecule has 4 heteroatoms. The number of halogens is 4. The fourth-order valence-corrected chi connectivity index (χ4v) is 4.44. The third-order valence-corrected chi connectivity index (χ3v) is 6.06. The lowest BCUT2D eigenvalue weighted by Crippen LogP contribution is -1.98. The highest BCUT2D eigenvalue weighted by molar-refractivity contribution is 6.09. The normalized spacial score (nSPS) is 11.6. The molecule has 0 nitrogen and oxygen atoms in total. The van der Waals surface area contributed by atoms with Gasteiger partial charge >= 0.3 is 0 Å². The molecule has 0 atom stereocenters. The van der Waals surface area contributed by atoms with Crippen molar-refractivity contribution in [3.63, 3.8) is 0 Å². The minimum absolute atomic E-state index is 0.00464. The lowest BCUT2D eigenvalue weighted by atomic mass is 9.94. The number of rotatable bonds is 7. The lowest BCUT2D eigenvalue weighted by molar-refractivity contribution is 0.500. The summed E-state index contributed by atoms with van der Waals surface area (Å²) in [7, 11) is 0. The van der Waals surface area contributed by atoms with Crippen LogP contribution in [0, 0.1) is 23.3 Å². The Morgan fingerprint density at radius 2 is 1.31 bits per heavy atom. The van der Waals surface area contributed by atoms with Crippen LogP contribution in [0.25, 0.3) is 32.7 Å². The van der Waals surface area contributed by atoms with E-state index in [0.29, 0.717) is 29.2 Å². The molecule has 4 aromatic carbocycles. The number of unbranched alkanes of at least 4 members (excludes halogenated alkanes) is 2. The Kier molecular flexibility index (Phi) is 6.50. The van der Waals surface area contributed by atoms with Crippen LogP contribution in [0.1, 0.15) is 50.7 Å². The second-order valence-corrected chi connectivity index (χ2v) is 8.40. The zero-order valence-corrected chi connectivity index (χ0v) is 18.4. The first-order valence-electron chi connectivity index (χ1n) is 11.3. The Balaban J connectivity index is 1.83. The first kappa shape index (κ1) is 22.3. The highest BCUT2D eigenvalue weighted by Crippen LogP contribution is 2.35. The molecular formula is C28H26F4. The number of hydrogen-bond donors (Lipinski definition) is 0. The molecule has 0 amide bonds. The van der Waals surface area contributed by atoms with Gasteiger partial charge in [0.2, 0.25) is 0 Å². The van der Waals surface area contributed by atoms with Crippen molar-refractivity contribution in [2.75, 3.05) is 0 Å². The standard InChI is InChI=1S/C28H26F4/c1-3-5-6-8-17-13-19-9-10-20-15-21(16-24(30)26(20)25(19)23(29)14-17)22-12-11-18(7-4-2)27(31)28(22)32/h9-16H,3-8H2,1-2H3. The summed E-state index contributed by atoms with van der Waals surface area (Å²) < 4.78 is 59.5. The Hall–Kier alpha value is -2.88.